The van der Waals surface area contributed by atoms with Gasteiger partial charge in [0.25, 0.3) is 0 Å². The molecule has 1 rings (SSSR count). The third-order valence-corrected chi connectivity index (χ3v) is 2.34. The average molecular weight is 233 g/mol. The van der Waals surface area contributed by atoms with Gasteiger partial charge in [-0.25, -0.2) is 0 Å². The highest BCUT2D eigenvalue weighted by Crippen LogP contribution is 2.26. The summed E-state index contributed by atoms with van der Waals surface area (Å²) in [5.41, 5.74) is 0. The molecule has 0 amide bonds. The number of benzene rings is 1. The fourth-order valence-electron chi connectivity index (χ4n) is 0.646. The summed E-state index contributed by atoms with van der Waals surface area (Å²) in [5.74, 6) is 0.688. The Morgan fingerprint density at radius 1 is 1.55 bits per heavy atom. The first-order valence-corrected chi connectivity index (χ1v) is 4.14. The van der Waals surface area contributed by atoms with Crippen LogP contribution in [0.4, 0.5) is 0 Å². The summed E-state index contributed by atoms with van der Waals surface area (Å²) in [6, 6.07) is 5.34. The Bertz CT molecular complexity index is 273. The zero-order chi connectivity index (χ0) is 8.27. The minimum atomic E-state index is 0.629. The average Bonchev–Trinajstić information content (AvgIpc) is 1.98. The van der Waals surface area contributed by atoms with Gasteiger partial charge in [0.05, 0.1) is 11.3 Å². The van der Waals surface area contributed by atoms with E-state index < -0.39 is 0 Å². The van der Waals surface area contributed by atoms with Gasteiger partial charge >= 0.3 is 0 Å². The lowest BCUT2D eigenvalue weighted by molar-refractivity contribution is 0.483. The molecule has 0 aromatic heterocycles. The Hall–Kier alpha value is -0.470. The molecule has 0 aliphatic heterocycles. The highest BCUT2D eigenvalue weighted by molar-refractivity contribution is 9.10. The maximum atomic E-state index is 5.79. The Morgan fingerprint density at radius 2 is 2.27 bits per heavy atom. The van der Waals surface area contributed by atoms with Gasteiger partial charge < -0.3 is 4.74 Å². The van der Waals surface area contributed by atoms with Crippen LogP contribution in [0.15, 0.2) is 35.5 Å². The van der Waals surface area contributed by atoms with Gasteiger partial charge in [-0.2, -0.15) is 0 Å². The SMILES string of the molecule is C=COc1ccc(Br)c(Cl)c1. The van der Waals surface area contributed by atoms with E-state index in [0.29, 0.717) is 10.8 Å². The summed E-state index contributed by atoms with van der Waals surface area (Å²) >= 11 is 9.06. The molecule has 11 heavy (non-hydrogen) atoms. The summed E-state index contributed by atoms with van der Waals surface area (Å²) in [6.07, 6.45) is 1.36. The predicted octanol–water partition coefficient (Wildman–Crippen LogP) is 3.62. The number of halogens is 2. The quantitative estimate of drug-likeness (QED) is 0.709. The highest BCUT2D eigenvalue weighted by Gasteiger charge is 1.97. The Labute approximate surface area is 78.8 Å². The van der Waals surface area contributed by atoms with Crippen LogP contribution in [0.25, 0.3) is 0 Å². The fraction of sp³-hybridized carbons (Fsp3) is 0. The number of rotatable bonds is 2. The first kappa shape index (κ1) is 8.62. The summed E-state index contributed by atoms with van der Waals surface area (Å²) in [6.45, 7) is 3.43. The second-order valence-corrected chi connectivity index (χ2v) is 3.12. The monoisotopic (exact) mass is 232 g/mol. The van der Waals surface area contributed by atoms with Crippen LogP contribution >= 0.6 is 27.5 Å². The summed E-state index contributed by atoms with van der Waals surface area (Å²) in [4.78, 5) is 0. The third kappa shape index (κ3) is 2.24. The highest BCUT2D eigenvalue weighted by atomic mass is 79.9. The number of hydrogen-bond donors (Lipinski definition) is 0. The summed E-state index contributed by atoms with van der Waals surface area (Å²) in [7, 11) is 0. The van der Waals surface area contributed by atoms with Crippen molar-refractivity contribution in [1.29, 1.82) is 0 Å². The van der Waals surface area contributed by atoms with Crippen LogP contribution in [-0.2, 0) is 0 Å². The van der Waals surface area contributed by atoms with E-state index in [0.717, 1.165) is 4.47 Å². The van der Waals surface area contributed by atoms with E-state index in [2.05, 4.69) is 22.5 Å². The van der Waals surface area contributed by atoms with Crippen molar-refractivity contribution in [3.63, 3.8) is 0 Å². The first-order valence-electron chi connectivity index (χ1n) is 2.96. The molecular weight excluding hydrogens is 227 g/mol. The minimum Gasteiger partial charge on any atom is -0.466 e. The van der Waals surface area contributed by atoms with Crippen molar-refractivity contribution in [2.45, 2.75) is 0 Å². The molecule has 1 nitrogen and oxygen atoms in total. The van der Waals surface area contributed by atoms with E-state index >= 15 is 0 Å². The van der Waals surface area contributed by atoms with Gasteiger partial charge in [0.15, 0.2) is 0 Å². The van der Waals surface area contributed by atoms with E-state index in [1.165, 1.54) is 6.26 Å². The molecule has 3 heteroatoms. The van der Waals surface area contributed by atoms with Gasteiger partial charge in [-0.3, -0.25) is 0 Å². The van der Waals surface area contributed by atoms with E-state index in [-0.39, 0.29) is 0 Å². The molecule has 1 aromatic carbocycles. The molecule has 0 atom stereocenters. The van der Waals surface area contributed by atoms with E-state index in [1.807, 2.05) is 6.07 Å². The van der Waals surface area contributed by atoms with Crippen molar-refractivity contribution in [3.8, 4) is 5.75 Å². The molecule has 0 heterocycles. The molecular formula is C8H6BrClO. The van der Waals surface area contributed by atoms with E-state index in [1.54, 1.807) is 12.1 Å². The Morgan fingerprint density at radius 3 is 2.82 bits per heavy atom. The summed E-state index contributed by atoms with van der Waals surface area (Å²) in [5, 5.41) is 0.629. The zero-order valence-electron chi connectivity index (χ0n) is 5.68. The molecule has 0 bridgehead atoms. The van der Waals surface area contributed by atoms with Crippen molar-refractivity contribution in [2.75, 3.05) is 0 Å². The lowest BCUT2D eigenvalue weighted by atomic mass is 10.3. The second-order valence-electron chi connectivity index (χ2n) is 1.86. The molecule has 58 valence electrons. The molecule has 0 aliphatic rings. The van der Waals surface area contributed by atoms with Crippen LogP contribution < -0.4 is 4.74 Å². The Balaban J connectivity index is 2.95. The van der Waals surface area contributed by atoms with Gasteiger partial charge in [0.2, 0.25) is 0 Å². The minimum absolute atomic E-state index is 0.629. The normalized spacial score (nSPS) is 9.27. The molecule has 0 saturated carbocycles. The lowest BCUT2D eigenvalue weighted by Crippen LogP contribution is -1.79. The fourth-order valence-corrected chi connectivity index (χ4v) is 1.06. The number of ether oxygens (including phenoxy) is 1. The zero-order valence-corrected chi connectivity index (χ0v) is 8.02. The van der Waals surface area contributed by atoms with Gasteiger partial charge in [0.1, 0.15) is 5.75 Å². The molecule has 0 N–H and O–H groups in total. The van der Waals surface area contributed by atoms with Crippen molar-refractivity contribution in [3.05, 3.63) is 40.5 Å². The molecule has 0 fully saturated rings. The van der Waals surface area contributed by atoms with E-state index in [4.69, 9.17) is 16.3 Å². The molecule has 0 radical (unpaired) electrons. The van der Waals surface area contributed by atoms with Crippen LogP contribution in [0.5, 0.6) is 5.75 Å². The van der Waals surface area contributed by atoms with Gasteiger partial charge in [-0.05, 0) is 28.1 Å². The topological polar surface area (TPSA) is 9.23 Å². The predicted molar refractivity (Wildman–Crippen MR) is 50.0 cm³/mol. The maximum Gasteiger partial charge on any atom is 0.128 e. The summed E-state index contributed by atoms with van der Waals surface area (Å²) < 4.78 is 5.86. The maximum absolute atomic E-state index is 5.79. The van der Waals surface area contributed by atoms with Crippen molar-refractivity contribution < 1.29 is 4.74 Å². The van der Waals surface area contributed by atoms with Gasteiger partial charge in [-0.1, -0.05) is 18.2 Å². The molecule has 0 spiro atoms. The standard InChI is InChI=1S/C8H6BrClO/c1-2-11-6-3-4-7(9)8(10)5-6/h2-5H,1H2. The molecule has 0 unspecified atom stereocenters. The lowest BCUT2D eigenvalue weighted by Gasteiger charge is -2.00. The van der Waals surface area contributed by atoms with Crippen LogP contribution in [0, 0.1) is 0 Å². The third-order valence-electron chi connectivity index (χ3n) is 1.11. The van der Waals surface area contributed by atoms with Crippen molar-refractivity contribution in [2.24, 2.45) is 0 Å². The van der Waals surface area contributed by atoms with Crippen molar-refractivity contribution in [1.82, 2.24) is 0 Å². The Kier molecular flexibility index (Phi) is 2.97. The van der Waals surface area contributed by atoms with Gasteiger partial charge in [-0.15, -0.1) is 0 Å². The van der Waals surface area contributed by atoms with Crippen LogP contribution in [0.2, 0.25) is 5.02 Å². The first-order chi connectivity index (χ1) is 5.24. The smallest absolute Gasteiger partial charge is 0.128 e. The number of hydrogen-bond acceptors (Lipinski definition) is 1. The van der Waals surface area contributed by atoms with Crippen LogP contribution in [0.3, 0.4) is 0 Å². The molecule has 1 aromatic rings. The van der Waals surface area contributed by atoms with Crippen molar-refractivity contribution >= 4 is 27.5 Å². The van der Waals surface area contributed by atoms with Gasteiger partial charge in [0, 0.05) is 10.5 Å². The largest absolute Gasteiger partial charge is 0.466 e. The van der Waals surface area contributed by atoms with E-state index in [9.17, 15) is 0 Å². The van der Waals surface area contributed by atoms with Crippen LogP contribution in [0.1, 0.15) is 0 Å². The molecule has 0 aliphatic carbocycles. The molecule has 0 saturated heterocycles. The second kappa shape index (κ2) is 3.79. The van der Waals surface area contributed by atoms with Crippen LogP contribution in [-0.4, -0.2) is 0 Å².